The molecule has 2 aromatic rings. The Morgan fingerprint density at radius 3 is 2.80 bits per heavy atom. The van der Waals surface area contributed by atoms with Crippen LogP contribution in [0.25, 0.3) is 6.08 Å². The Kier molecular flexibility index (Phi) is 4.00. The molecule has 1 aliphatic heterocycles. The Labute approximate surface area is 132 Å². The summed E-state index contributed by atoms with van der Waals surface area (Å²) < 4.78 is 1.01. The largest absolute Gasteiger partial charge is 0.300 e. The number of hydrogen-bond donors (Lipinski definition) is 1. The van der Waals surface area contributed by atoms with E-state index in [1.54, 1.807) is 6.20 Å². The molecule has 0 unspecified atom stereocenters. The van der Waals surface area contributed by atoms with Crippen molar-refractivity contribution in [2.45, 2.75) is 0 Å². The van der Waals surface area contributed by atoms with Gasteiger partial charge in [0.05, 0.1) is 4.91 Å². The van der Waals surface area contributed by atoms with Gasteiger partial charge in [0.15, 0.2) is 5.17 Å². The molecule has 0 atom stereocenters. The van der Waals surface area contributed by atoms with Gasteiger partial charge >= 0.3 is 0 Å². The lowest BCUT2D eigenvalue weighted by Gasteiger charge is -1.95. The molecule has 7 heteroatoms. The number of amides is 1. The lowest BCUT2D eigenvalue weighted by Crippen LogP contribution is -2.19. The number of aliphatic imine (C=N–C) groups is 1. The van der Waals surface area contributed by atoms with E-state index >= 15 is 0 Å². The predicted molar refractivity (Wildman–Crippen MR) is 87.1 cm³/mol. The molecule has 100 valence electrons. The number of halogens is 1. The lowest BCUT2D eigenvalue weighted by atomic mass is 10.2. The van der Waals surface area contributed by atoms with Crippen molar-refractivity contribution in [3.8, 4) is 0 Å². The van der Waals surface area contributed by atoms with E-state index in [4.69, 9.17) is 0 Å². The van der Waals surface area contributed by atoms with Gasteiger partial charge in [-0.15, -0.1) is 11.3 Å². The monoisotopic (exact) mass is 365 g/mol. The minimum absolute atomic E-state index is 0.131. The molecule has 0 spiro atoms. The van der Waals surface area contributed by atoms with Crippen LogP contribution in [0.15, 0.2) is 50.2 Å². The Bertz CT molecular complexity index is 693. The Hall–Kier alpha value is -1.44. The number of aromatic nitrogens is 1. The van der Waals surface area contributed by atoms with Gasteiger partial charge < -0.3 is 5.32 Å². The molecule has 0 aliphatic carbocycles. The summed E-state index contributed by atoms with van der Waals surface area (Å²) >= 11 is 6.13. The summed E-state index contributed by atoms with van der Waals surface area (Å²) in [5.41, 5.74) is 0.973. The Morgan fingerprint density at radius 1 is 1.30 bits per heavy atom. The van der Waals surface area contributed by atoms with Gasteiger partial charge in [0.1, 0.15) is 0 Å². The van der Waals surface area contributed by atoms with E-state index in [1.807, 2.05) is 35.7 Å². The van der Waals surface area contributed by atoms with Crippen molar-refractivity contribution in [3.05, 3.63) is 50.8 Å². The summed E-state index contributed by atoms with van der Waals surface area (Å²) in [6, 6.07) is 7.77. The summed E-state index contributed by atoms with van der Waals surface area (Å²) in [7, 11) is 0. The molecule has 1 N–H and O–H groups in total. The number of thiazole rings is 1. The molecular formula is C13H8BrN3OS2. The molecule has 2 heterocycles. The van der Waals surface area contributed by atoms with E-state index in [-0.39, 0.29) is 5.91 Å². The molecule has 1 aromatic carbocycles. The van der Waals surface area contributed by atoms with Crippen LogP contribution in [-0.4, -0.2) is 16.1 Å². The highest BCUT2D eigenvalue weighted by atomic mass is 79.9. The molecular weight excluding hydrogens is 358 g/mol. The van der Waals surface area contributed by atoms with E-state index in [1.165, 1.54) is 23.1 Å². The number of carbonyl (C=O) groups is 1. The molecule has 1 aliphatic rings. The highest BCUT2D eigenvalue weighted by Crippen LogP contribution is 2.28. The number of thioether (sulfide) groups is 1. The molecule has 1 saturated heterocycles. The fourth-order valence-electron chi connectivity index (χ4n) is 1.55. The minimum Gasteiger partial charge on any atom is -0.300 e. The zero-order chi connectivity index (χ0) is 13.9. The van der Waals surface area contributed by atoms with Crippen LogP contribution in [0, 0.1) is 0 Å². The quantitative estimate of drug-likeness (QED) is 0.823. The van der Waals surface area contributed by atoms with Crippen molar-refractivity contribution in [3.63, 3.8) is 0 Å². The second-order valence-corrected chi connectivity index (χ2v) is 6.67. The molecule has 1 fully saturated rings. The van der Waals surface area contributed by atoms with Crippen molar-refractivity contribution in [2.24, 2.45) is 4.99 Å². The van der Waals surface area contributed by atoms with Gasteiger partial charge in [0, 0.05) is 16.0 Å². The maximum Gasteiger partial charge on any atom is 0.264 e. The minimum atomic E-state index is -0.131. The molecule has 20 heavy (non-hydrogen) atoms. The molecule has 0 bridgehead atoms. The topological polar surface area (TPSA) is 54.4 Å². The first-order valence-electron chi connectivity index (χ1n) is 5.65. The average molecular weight is 366 g/mol. The lowest BCUT2D eigenvalue weighted by molar-refractivity contribution is -0.115. The Balaban J connectivity index is 1.82. The zero-order valence-corrected chi connectivity index (χ0v) is 13.3. The summed E-state index contributed by atoms with van der Waals surface area (Å²) in [4.78, 5) is 20.9. The van der Waals surface area contributed by atoms with Gasteiger partial charge in [0.25, 0.3) is 5.91 Å². The molecule has 0 radical (unpaired) electrons. The third-order valence-corrected chi connectivity index (χ3v) is 4.54. The third kappa shape index (κ3) is 3.17. The number of amidine groups is 1. The van der Waals surface area contributed by atoms with Crippen LogP contribution in [0.4, 0.5) is 5.13 Å². The van der Waals surface area contributed by atoms with Gasteiger partial charge in [-0.05, 0) is 35.5 Å². The van der Waals surface area contributed by atoms with Crippen LogP contribution >= 0.6 is 39.0 Å². The smallest absolute Gasteiger partial charge is 0.264 e. The second-order valence-electron chi connectivity index (χ2n) is 3.85. The van der Waals surface area contributed by atoms with Crippen LogP contribution in [0.3, 0.4) is 0 Å². The number of benzene rings is 1. The van der Waals surface area contributed by atoms with Crippen molar-refractivity contribution >= 4 is 61.3 Å². The van der Waals surface area contributed by atoms with Crippen LogP contribution in [-0.2, 0) is 4.79 Å². The fourth-order valence-corrected chi connectivity index (χ4v) is 3.20. The van der Waals surface area contributed by atoms with Crippen molar-refractivity contribution in [1.82, 2.24) is 10.3 Å². The fraction of sp³-hybridized carbons (Fsp3) is 0. The van der Waals surface area contributed by atoms with E-state index in [0.29, 0.717) is 15.2 Å². The summed E-state index contributed by atoms with van der Waals surface area (Å²) in [6.45, 7) is 0. The molecule has 3 rings (SSSR count). The molecule has 1 aromatic heterocycles. The van der Waals surface area contributed by atoms with E-state index in [9.17, 15) is 4.79 Å². The number of hydrogen-bond acceptors (Lipinski definition) is 5. The molecule has 0 saturated carbocycles. The maximum atomic E-state index is 11.9. The normalized spacial score (nSPS) is 18.8. The number of nitrogens with zero attached hydrogens (tertiary/aromatic N) is 2. The van der Waals surface area contributed by atoms with E-state index in [2.05, 4.69) is 31.2 Å². The third-order valence-electron chi connectivity index (χ3n) is 2.44. The zero-order valence-electron chi connectivity index (χ0n) is 10.0. The SMILES string of the molecule is O=C1N/C(=N\c2nccs2)S/C1=C/c1ccc(Br)cc1. The highest BCUT2D eigenvalue weighted by molar-refractivity contribution is 9.10. The van der Waals surface area contributed by atoms with Crippen molar-refractivity contribution in [2.75, 3.05) is 0 Å². The summed E-state index contributed by atoms with van der Waals surface area (Å²) in [5.74, 6) is -0.131. The van der Waals surface area contributed by atoms with Crippen molar-refractivity contribution in [1.29, 1.82) is 0 Å². The van der Waals surface area contributed by atoms with Crippen molar-refractivity contribution < 1.29 is 4.79 Å². The van der Waals surface area contributed by atoms with Gasteiger partial charge in [-0.2, -0.15) is 4.99 Å². The summed E-state index contributed by atoms with van der Waals surface area (Å²) in [6.07, 6.45) is 3.53. The van der Waals surface area contributed by atoms with Gasteiger partial charge in [-0.3, -0.25) is 4.79 Å². The van der Waals surface area contributed by atoms with Crippen LogP contribution in [0.5, 0.6) is 0 Å². The first-order valence-corrected chi connectivity index (χ1v) is 8.14. The standard InChI is InChI=1S/C13H8BrN3OS2/c14-9-3-1-8(2-4-9)7-10-11(18)16-13(20-10)17-12-15-5-6-19-12/h1-7H,(H,15,16,17,18)/b10-7+. The molecule has 4 nitrogen and oxygen atoms in total. The number of carbonyl (C=O) groups excluding carboxylic acids is 1. The van der Waals surface area contributed by atoms with E-state index < -0.39 is 0 Å². The van der Waals surface area contributed by atoms with Gasteiger partial charge in [0.2, 0.25) is 5.13 Å². The first-order chi connectivity index (χ1) is 9.70. The average Bonchev–Trinajstić information content (AvgIpc) is 3.04. The summed E-state index contributed by atoms with van der Waals surface area (Å²) in [5, 5.41) is 5.78. The van der Waals surface area contributed by atoms with Crippen LogP contribution in [0.2, 0.25) is 0 Å². The first kappa shape index (κ1) is 13.5. The Morgan fingerprint density at radius 2 is 2.10 bits per heavy atom. The number of nitrogens with one attached hydrogen (secondary N) is 1. The predicted octanol–water partition coefficient (Wildman–Crippen LogP) is 3.80. The molecule has 1 amide bonds. The van der Waals surface area contributed by atoms with Crippen LogP contribution < -0.4 is 5.32 Å². The van der Waals surface area contributed by atoms with Crippen LogP contribution in [0.1, 0.15) is 5.56 Å². The second kappa shape index (κ2) is 5.90. The maximum absolute atomic E-state index is 11.9. The van der Waals surface area contributed by atoms with E-state index in [0.717, 1.165) is 10.0 Å². The highest BCUT2D eigenvalue weighted by Gasteiger charge is 2.23. The van der Waals surface area contributed by atoms with Gasteiger partial charge in [-0.25, -0.2) is 4.98 Å². The van der Waals surface area contributed by atoms with Gasteiger partial charge in [-0.1, -0.05) is 28.1 Å². The number of rotatable bonds is 2.